The second-order valence-corrected chi connectivity index (χ2v) is 7.46. The number of carbonyl (C=O) groups is 1. The summed E-state index contributed by atoms with van der Waals surface area (Å²) in [6, 6.07) is 5.29. The van der Waals surface area contributed by atoms with Crippen molar-refractivity contribution in [3.8, 4) is 5.75 Å². The lowest BCUT2D eigenvalue weighted by molar-refractivity contribution is 0.0602. The zero-order valence-electron chi connectivity index (χ0n) is 14.3. The Morgan fingerprint density at radius 1 is 1.29 bits per heavy atom. The van der Waals surface area contributed by atoms with Crippen LogP contribution in [0.15, 0.2) is 18.2 Å². The van der Waals surface area contributed by atoms with Gasteiger partial charge in [0, 0.05) is 24.7 Å². The van der Waals surface area contributed by atoms with Crippen molar-refractivity contribution in [1.82, 2.24) is 10.2 Å². The lowest BCUT2D eigenvalue weighted by Crippen LogP contribution is -2.44. The van der Waals surface area contributed by atoms with Gasteiger partial charge in [0.2, 0.25) is 0 Å². The molecule has 0 radical (unpaired) electrons. The van der Waals surface area contributed by atoms with E-state index in [1.54, 1.807) is 18.2 Å². The maximum absolute atomic E-state index is 12.9. The van der Waals surface area contributed by atoms with Crippen molar-refractivity contribution in [3.05, 3.63) is 28.8 Å². The first-order valence-corrected chi connectivity index (χ1v) is 8.83. The number of carbonyl (C=O) groups excluding carboxylic acids is 1. The number of halogens is 2. The van der Waals surface area contributed by atoms with Gasteiger partial charge in [0.05, 0.1) is 11.7 Å². The van der Waals surface area contributed by atoms with Gasteiger partial charge < -0.3 is 15.0 Å². The molecule has 4 nitrogen and oxygen atoms in total. The minimum Gasteiger partial charge on any atom is -0.490 e. The molecule has 134 valence electrons. The summed E-state index contributed by atoms with van der Waals surface area (Å²) in [5.41, 5.74) is 0.981. The van der Waals surface area contributed by atoms with Gasteiger partial charge in [0.25, 0.3) is 5.91 Å². The Morgan fingerprint density at radius 3 is 2.58 bits per heavy atom. The Hall–Kier alpha value is -0.970. The van der Waals surface area contributed by atoms with E-state index in [1.807, 2.05) is 18.7 Å². The molecule has 24 heavy (non-hydrogen) atoms. The monoisotopic (exact) mass is 372 g/mol. The second-order valence-electron chi connectivity index (χ2n) is 7.03. The Balaban J connectivity index is 0.00000208. The number of benzene rings is 1. The smallest absolute Gasteiger partial charge is 0.257 e. The number of rotatable bonds is 3. The minimum atomic E-state index is 0. The van der Waals surface area contributed by atoms with E-state index in [0.29, 0.717) is 21.8 Å². The van der Waals surface area contributed by atoms with Crippen molar-refractivity contribution in [3.63, 3.8) is 0 Å². The fourth-order valence-corrected chi connectivity index (χ4v) is 3.77. The molecular weight excluding hydrogens is 347 g/mol. The lowest BCUT2D eigenvalue weighted by atomic mass is 9.78. The predicted octanol–water partition coefficient (Wildman–Crippen LogP) is 3.76. The highest BCUT2D eigenvalue weighted by atomic mass is 35.5. The molecule has 1 N–H and O–H groups in total. The first-order valence-electron chi connectivity index (χ1n) is 8.45. The number of piperidine rings is 1. The van der Waals surface area contributed by atoms with E-state index in [-0.39, 0.29) is 24.4 Å². The number of amides is 1. The summed E-state index contributed by atoms with van der Waals surface area (Å²) in [7, 11) is 0. The first-order chi connectivity index (χ1) is 11.0. The molecule has 1 aromatic rings. The van der Waals surface area contributed by atoms with Crippen LogP contribution in [0.25, 0.3) is 0 Å². The molecule has 2 fully saturated rings. The lowest BCUT2D eigenvalue weighted by Gasteiger charge is -2.39. The van der Waals surface area contributed by atoms with E-state index in [0.717, 1.165) is 39.0 Å². The van der Waals surface area contributed by atoms with Crippen LogP contribution in [0.3, 0.4) is 0 Å². The highest BCUT2D eigenvalue weighted by Crippen LogP contribution is 2.37. The first kappa shape index (κ1) is 19.4. The molecule has 0 saturated carbocycles. The van der Waals surface area contributed by atoms with Crippen LogP contribution in [0.1, 0.15) is 43.5 Å². The molecule has 0 unspecified atom stereocenters. The van der Waals surface area contributed by atoms with Crippen LogP contribution in [0.4, 0.5) is 0 Å². The zero-order chi connectivity index (χ0) is 16.4. The van der Waals surface area contributed by atoms with Crippen LogP contribution in [0, 0.1) is 5.41 Å². The molecule has 2 aliphatic heterocycles. The van der Waals surface area contributed by atoms with Gasteiger partial charge in [-0.05, 0) is 63.3 Å². The van der Waals surface area contributed by atoms with Crippen molar-refractivity contribution in [2.45, 2.75) is 39.2 Å². The molecule has 2 heterocycles. The molecule has 6 heteroatoms. The maximum atomic E-state index is 12.9. The highest BCUT2D eigenvalue weighted by molar-refractivity contribution is 6.31. The predicted molar refractivity (Wildman–Crippen MR) is 99.5 cm³/mol. The van der Waals surface area contributed by atoms with Crippen molar-refractivity contribution >= 4 is 29.9 Å². The summed E-state index contributed by atoms with van der Waals surface area (Å²) in [4.78, 5) is 14.9. The molecule has 2 aliphatic rings. The van der Waals surface area contributed by atoms with E-state index in [1.165, 1.54) is 6.42 Å². The zero-order valence-corrected chi connectivity index (χ0v) is 15.9. The van der Waals surface area contributed by atoms with E-state index in [2.05, 4.69) is 5.32 Å². The third-order valence-corrected chi connectivity index (χ3v) is 5.21. The fourth-order valence-electron chi connectivity index (χ4n) is 3.60. The summed E-state index contributed by atoms with van der Waals surface area (Å²) in [6.45, 7) is 7.74. The van der Waals surface area contributed by atoms with Crippen LogP contribution < -0.4 is 10.1 Å². The number of ether oxygens (including phenoxy) is 1. The Morgan fingerprint density at radius 2 is 2.00 bits per heavy atom. The summed E-state index contributed by atoms with van der Waals surface area (Å²) >= 11 is 6.10. The number of nitrogens with zero attached hydrogens (tertiary/aromatic N) is 1. The van der Waals surface area contributed by atoms with Gasteiger partial charge in [-0.1, -0.05) is 11.6 Å². The third kappa shape index (κ3) is 4.16. The topological polar surface area (TPSA) is 41.6 Å². The van der Waals surface area contributed by atoms with Crippen LogP contribution >= 0.6 is 24.0 Å². The highest BCUT2D eigenvalue weighted by Gasteiger charge is 2.38. The van der Waals surface area contributed by atoms with E-state index >= 15 is 0 Å². The van der Waals surface area contributed by atoms with Gasteiger partial charge in [0.15, 0.2) is 0 Å². The standard InChI is InChI=1S/C18H25ClN2O2.ClH/c1-13(2)23-16-4-3-14(19)11-15(16)17(22)21-9-6-18(7-10-21)5-8-20-12-18;/h3-4,11,13,20H,5-10,12H2,1-2H3;1H. The Bertz CT molecular complexity index is 576. The number of hydrogen-bond donors (Lipinski definition) is 1. The molecule has 0 atom stereocenters. The number of hydrogen-bond acceptors (Lipinski definition) is 3. The van der Waals surface area contributed by atoms with Crippen LogP contribution in [0.2, 0.25) is 5.02 Å². The largest absolute Gasteiger partial charge is 0.490 e. The van der Waals surface area contributed by atoms with E-state index < -0.39 is 0 Å². The molecule has 1 aromatic carbocycles. The van der Waals surface area contributed by atoms with Gasteiger partial charge in [0.1, 0.15) is 5.75 Å². The van der Waals surface area contributed by atoms with Gasteiger partial charge in [-0.15, -0.1) is 12.4 Å². The summed E-state index contributed by atoms with van der Waals surface area (Å²) < 4.78 is 5.79. The molecule has 0 bridgehead atoms. The average Bonchev–Trinajstić information content (AvgIpc) is 2.97. The van der Waals surface area contributed by atoms with Crippen molar-refractivity contribution < 1.29 is 9.53 Å². The Labute approximate surface area is 155 Å². The van der Waals surface area contributed by atoms with Crippen molar-refractivity contribution in [1.29, 1.82) is 0 Å². The van der Waals surface area contributed by atoms with Crippen molar-refractivity contribution in [2.75, 3.05) is 26.2 Å². The fraction of sp³-hybridized carbons (Fsp3) is 0.611. The van der Waals surface area contributed by atoms with Crippen LogP contribution in [-0.2, 0) is 0 Å². The van der Waals surface area contributed by atoms with Gasteiger partial charge in [-0.25, -0.2) is 0 Å². The SMILES string of the molecule is CC(C)Oc1ccc(Cl)cc1C(=O)N1CCC2(CCNC2)CC1.Cl. The maximum Gasteiger partial charge on any atom is 0.257 e. The summed E-state index contributed by atoms with van der Waals surface area (Å²) in [5, 5.41) is 4.02. The molecule has 3 rings (SSSR count). The molecule has 1 amide bonds. The summed E-state index contributed by atoms with van der Waals surface area (Å²) in [6.07, 6.45) is 3.41. The van der Waals surface area contributed by atoms with E-state index in [4.69, 9.17) is 16.3 Å². The average molecular weight is 373 g/mol. The number of nitrogens with one attached hydrogen (secondary N) is 1. The second kappa shape index (κ2) is 7.94. The van der Waals surface area contributed by atoms with Crippen LogP contribution in [-0.4, -0.2) is 43.1 Å². The molecule has 2 saturated heterocycles. The van der Waals surface area contributed by atoms with E-state index in [9.17, 15) is 4.79 Å². The summed E-state index contributed by atoms with van der Waals surface area (Å²) in [5.74, 6) is 0.654. The van der Waals surface area contributed by atoms with Gasteiger partial charge >= 0.3 is 0 Å². The van der Waals surface area contributed by atoms with Gasteiger partial charge in [-0.2, -0.15) is 0 Å². The van der Waals surface area contributed by atoms with Crippen LogP contribution in [0.5, 0.6) is 5.75 Å². The molecule has 0 aromatic heterocycles. The normalized spacial score (nSPS) is 19.4. The molecule has 1 spiro atoms. The molecular formula is C18H26Cl2N2O2. The van der Waals surface area contributed by atoms with Gasteiger partial charge in [-0.3, -0.25) is 4.79 Å². The third-order valence-electron chi connectivity index (χ3n) is 4.98. The Kier molecular flexibility index (Phi) is 6.40. The quantitative estimate of drug-likeness (QED) is 0.877. The van der Waals surface area contributed by atoms with Crippen molar-refractivity contribution in [2.24, 2.45) is 5.41 Å². The molecule has 0 aliphatic carbocycles. The number of likely N-dealkylation sites (tertiary alicyclic amines) is 1. The minimum absolute atomic E-state index is 0.